The van der Waals surface area contributed by atoms with Crippen LogP contribution in [0.1, 0.15) is 0 Å². The Morgan fingerprint density at radius 3 is 2.19 bits per heavy atom. The number of carboxylic acids is 1. The minimum Gasteiger partial charge on any atom is -0.480 e. The number of hydrogen-bond donors (Lipinski definition) is 1. The van der Waals surface area contributed by atoms with Crippen LogP contribution in [0.4, 0.5) is 5.69 Å². The van der Waals surface area contributed by atoms with Crippen LogP contribution in [0.25, 0.3) is 0 Å². The van der Waals surface area contributed by atoms with Gasteiger partial charge in [-0.1, -0.05) is 30.3 Å². The molecule has 21 heavy (non-hydrogen) atoms. The molecule has 2 aromatic carbocycles. The third kappa shape index (κ3) is 3.53. The monoisotopic (exact) mass is 417 g/mol. The summed E-state index contributed by atoms with van der Waals surface area (Å²) in [4.78, 5) is 11.1. The van der Waals surface area contributed by atoms with E-state index in [4.69, 9.17) is 5.11 Å². The van der Waals surface area contributed by atoms with E-state index >= 15 is 0 Å². The zero-order valence-corrected chi connectivity index (χ0v) is 13.8. The quantitative estimate of drug-likeness (QED) is 0.760. The van der Waals surface area contributed by atoms with Crippen molar-refractivity contribution >= 4 is 44.3 Å². The smallest absolute Gasteiger partial charge is 0.324 e. The van der Waals surface area contributed by atoms with E-state index in [0.29, 0.717) is 9.26 Å². The second-order valence-corrected chi connectivity index (χ2v) is 7.19. The molecule has 0 fully saturated rings. The average Bonchev–Trinajstić information content (AvgIpc) is 2.46. The molecule has 0 spiro atoms. The van der Waals surface area contributed by atoms with Gasteiger partial charge in [-0.15, -0.1) is 0 Å². The normalized spacial score (nSPS) is 11.1. The molecular formula is C14H12INO4S. The highest BCUT2D eigenvalue weighted by atomic mass is 127. The molecular weight excluding hydrogens is 405 g/mol. The second kappa shape index (κ2) is 6.44. The maximum Gasteiger partial charge on any atom is 0.324 e. The highest BCUT2D eigenvalue weighted by Gasteiger charge is 2.28. The molecule has 0 aliphatic heterocycles. The molecule has 0 aliphatic rings. The van der Waals surface area contributed by atoms with Gasteiger partial charge in [-0.05, 0) is 46.9 Å². The Morgan fingerprint density at radius 1 is 1.05 bits per heavy atom. The molecule has 0 saturated heterocycles. The van der Waals surface area contributed by atoms with Crippen LogP contribution in [0.5, 0.6) is 0 Å². The first-order valence-corrected chi connectivity index (χ1v) is 8.49. The first-order valence-electron chi connectivity index (χ1n) is 5.97. The summed E-state index contributed by atoms with van der Waals surface area (Å²) in [7, 11) is -3.92. The summed E-state index contributed by atoms with van der Waals surface area (Å²) in [6.45, 7) is -0.628. The number of carboxylic acid groups (broad SMARTS) is 1. The average molecular weight is 417 g/mol. The highest BCUT2D eigenvalue weighted by Crippen LogP contribution is 2.27. The summed E-state index contributed by atoms with van der Waals surface area (Å²) in [5.41, 5.74) is 0.351. The van der Waals surface area contributed by atoms with Gasteiger partial charge in [0.15, 0.2) is 0 Å². The molecule has 5 nitrogen and oxygen atoms in total. The number of hydrogen-bond acceptors (Lipinski definition) is 3. The largest absolute Gasteiger partial charge is 0.480 e. The van der Waals surface area contributed by atoms with E-state index in [1.54, 1.807) is 42.5 Å². The zero-order valence-electron chi connectivity index (χ0n) is 10.8. The lowest BCUT2D eigenvalue weighted by molar-refractivity contribution is -0.135. The summed E-state index contributed by atoms with van der Waals surface area (Å²) < 4.78 is 26.9. The molecule has 0 atom stereocenters. The van der Waals surface area contributed by atoms with E-state index in [1.165, 1.54) is 12.1 Å². The number of sulfonamides is 1. The van der Waals surface area contributed by atoms with Gasteiger partial charge in [0.05, 0.1) is 10.6 Å². The summed E-state index contributed by atoms with van der Waals surface area (Å²) >= 11 is 1.98. The van der Waals surface area contributed by atoms with Crippen molar-refractivity contribution < 1.29 is 18.3 Å². The summed E-state index contributed by atoms with van der Waals surface area (Å²) in [5.74, 6) is -1.21. The molecule has 2 aromatic rings. The number of rotatable bonds is 5. The van der Waals surface area contributed by atoms with Gasteiger partial charge in [0, 0.05) is 3.57 Å². The van der Waals surface area contributed by atoms with E-state index in [2.05, 4.69) is 0 Å². The lowest BCUT2D eigenvalue weighted by Crippen LogP contribution is -2.36. The fourth-order valence-corrected chi connectivity index (χ4v) is 4.09. The number of nitrogens with zero attached hydrogens (tertiary/aromatic N) is 1. The van der Waals surface area contributed by atoms with Crippen molar-refractivity contribution in [1.29, 1.82) is 0 Å². The molecule has 0 aromatic heterocycles. The van der Waals surface area contributed by atoms with Crippen LogP contribution in [-0.2, 0) is 14.8 Å². The number of carbonyl (C=O) groups is 1. The fraction of sp³-hybridized carbons (Fsp3) is 0.0714. The molecule has 0 bridgehead atoms. The van der Waals surface area contributed by atoms with E-state index in [1.807, 2.05) is 22.6 Å². The van der Waals surface area contributed by atoms with Crippen molar-refractivity contribution in [3.8, 4) is 0 Å². The van der Waals surface area contributed by atoms with Gasteiger partial charge in [-0.25, -0.2) is 8.42 Å². The Balaban J connectivity index is 2.56. The lowest BCUT2D eigenvalue weighted by atomic mass is 10.3. The fourth-order valence-electron chi connectivity index (χ4n) is 1.80. The first kappa shape index (κ1) is 15.8. The van der Waals surface area contributed by atoms with Crippen LogP contribution in [-0.4, -0.2) is 26.0 Å². The van der Waals surface area contributed by atoms with Gasteiger partial charge in [0.2, 0.25) is 0 Å². The molecule has 0 saturated carbocycles. The SMILES string of the molecule is O=C(O)CN(c1ccccc1I)S(=O)(=O)c1ccccc1. The second-order valence-electron chi connectivity index (χ2n) is 4.17. The van der Waals surface area contributed by atoms with Gasteiger partial charge < -0.3 is 5.11 Å². The third-order valence-electron chi connectivity index (χ3n) is 2.73. The highest BCUT2D eigenvalue weighted by molar-refractivity contribution is 14.1. The van der Waals surface area contributed by atoms with Crippen molar-refractivity contribution in [3.05, 3.63) is 58.2 Å². The van der Waals surface area contributed by atoms with Crippen LogP contribution < -0.4 is 4.31 Å². The topological polar surface area (TPSA) is 74.7 Å². The summed E-state index contributed by atoms with van der Waals surface area (Å²) in [5, 5.41) is 9.04. The van der Waals surface area contributed by atoms with E-state index < -0.39 is 22.5 Å². The van der Waals surface area contributed by atoms with Gasteiger partial charge in [0.25, 0.3) is 10.0 Å². The third-order valence-corrected chi connectivity index (χ3v) is 5.42. The van der Waals surface area contributed by atoms with Crippen molar-refractivity contribution in [2.24, 2.45) is 0 Å². The minimum atomic E-state index is -3.92. The Labute approximate surface area is 136 Å². The maximum absolute atomic E-state index is 12.7. The van der Waals surface area contributed by atoms with Gasteiger partial charge in [-0.2, -0.15) is 0 Å². The summed E-state index contributed by atoms with van der Waals surface area (Å²) in [6.07, 6.45) is 0. The molecule has 1 N–H and O–H groups in total. The number of anilines is 1. The lowest BCUT2D eigenvalue weighted by Gasteiger charge is -2.23. The maximum atomic E-state index is 12.7. The van der Waals surface area contributed by atoms with Crippen molar-refractivity contribution in [3.63, 3.8) is 0 Å². The Hall–Kier alpha value is -1.61. The molecule has 0 heterocycles. The number of benzene rings is 2. The standard InChI is InChI=1S/C14H12INO4S/c15-12-8-4-5-9-13(12)16(10-14(17)18)21(19,20)11-6-2-1-3-7-11/h1-9H,10H2,(H,17,18). The number of para-hydroxylation sites is 1. The van der Waals surface area contributed by atoms with Crippen LogP contribution in [0, 0.1) is 3.57 Å². The Morgan fingerprint density at radius 2 is 1.62 bits per heavy atom. The van der Waals surface area contributed by atoms with Gasteiger partial charge in [-0.3, -0.25) is 9.10 Å². The van der Waals surface area contributed by atoms with Crippen molar-refractivity contribution in [2.45, 2.75) is 4.90 Å². The molecule has 110 valence electrons. The van der Waals surface area contributed by atoms with E-state index in [-0.39, 0.29) is 4.90 Å². The zero-order chi connectivity index (χ0) is 15.5. The Kier molecular flexibility index (Phi) is 4.84. The molecule has 2 rings (SSSR count). The van der Waals surface area contributed by atoms with E-state index in [9.17, 15) is 13.2 Å². The van der Waals surface area contributed by atoms with E-state index in [0.717, 1.165) is 4.31 Å². The number of aliphatic carboxylic acids is 1. The Bertz CT molecular complexity index is 747. The molecule has 0 unspecified atom stereocenters. The van der Waals surface area contributed by atoms with Gasteiger partial charge >= 0.3 is 5.97 Å². The molecule has 0 amide bonds. The predicted octanol–water partition coefficient (Wildman–Crippen LogP) is 2.57. The van der Waals surface area contributed by atoms with Crippen LogP contribution >= 0.6 is 22.6 Å². The van der Waals surface area contributed by atoms with Crippen molar-refractivity contribution in [2.75, 3.05) is 10.8 Å². The predicted molar refractivity (Wildman–Crippen MR) is 87.8 cm³/mol. The van der Waals surface area contributed by atoms with Gasteiger partial charge in [0.1, 0.15) is 6.54 Å². The summed E-state index contributed by atoms with van der Waals surface area (Å²) in [6, 6.07) is 14.5. The van der Waals surface area contributed by atoms with Crippen LogP contribution in [0.3, 0.4) is 0 Å². The van der Waals surface area contributed by atoms with Crippen LogP contribution in [0.2, 0.25) is 0 Å². The molecule has 0 radical (unpaired) electrons. The minimum absolute atomic E-state index is 0.0610. The first-order chi connectivity index (χ1) is 9.93. The number of halogens is 1. The molecule has 7 heteroatoms. The molecule has 0 aliphatic carbocycles. The van der Waals surface area contributed by atoms with Crippen molar-refractivity contribution in [1.82, 2.24) is 0 Å². The van der Waals surface area contributed by atoms with Crippen LogP contribution in [0.15, 0.2) is 59.5 Å².